The van der Waals surface area contributed by atoms with Crippen LogP contribution in [0.5, 0.6) is 0 Å². The average molecular weight is 265 g/mol. The van der Waals surface area contributed by atoms with Crippen molar-refractivity contribution in [1.82, 2.24) is 5.32 Å². The van der Waals surface area contributed by atoms with E-state index in [1.807, 2.05) is 0 Å². The van der Waals surface area contributed by atoms with Crippen LogP contribution in [-0.2, 0) is 14.3 Å². The molecule has 1 amide bonds. The molecular weight excluding hydrogens is 249 g/mol. The predicted octanol–water partition coefficient (Wildman–Crippen LogP) is 1.61. The smallest absolute Gasteiger partial charge is 0.309 e. The van der Waals surface area contributed by atoms with E-state index in [1.165, 1.54) is 19.2 Å². The van der Waals surface area contributed by atoms with Gasteiger partial charge in [0.2, 0.25) is 5.91 Å². The van der Waals surface area contributed by atoms with Crippen molar-refractivity contribution in [3.8, 4) is 0 Å². The van der Waals surface area contributed by atoms with E-state index in [-0.39, 0.29) is 42.6 Å². The van der Waals surface area contributed by atoms with Gasteiger partial charge in [0.25, 0.3) is 0 Å². The molecule has 0 unspecified atom stereocenters. The zero-order chi connectivity index (χ0) is 13.8. The number of nitrogens with one attached hydrogen (secondary N) is 1. The van der Waals surface area contributed by atoms with Crippen LogP contribution in [0.25, 0.3) is 0 Å². The molecule has 19 heavy (non-hydrogen) atoms. The van der Waals surface area contributed by atoms with Crippen molar-refractivity contribution < 1.29 is 18.7 Å². The molecule has 102 valence electrons. The maximum Gasteiger partial charge on any atom is 0.309 e. The van der Waals surface area contributed by atoms with Crippen LogP contribution in [0.1, 0.15) is 24.3 Å². The number of halogens is 1. The standard InChI is InChI=1S/C14H16FNO3/c1-16-13(17)6-7-19-14(18)12-8-11(12)9-2-4-10(15)5-3-9/h2-5,11-12H,6-8H2,1H3,(H,16,17)/t11-,12+/m1/s1. The van der Waals surface area contributed by atoms with Gasteiger partial charge in [-0.05, 0) is 30.0 Å². The van der Waals surface area contributed by atoms with Crippen LogP contribution >= 0.6 is 0 Å². The fraction of sp³-hybridized carbons (Fsp3) is 0.429. The summed E-state index contributed by atoms with van der Waals surface area (Å²) in [5, 5.41) is 2.46. The first-order valence-corrected chi connectivity index (χ1v) is 6.24. The van der Waals surface area contributed by atoms with Crippen LogP contribution in [0.2, 0.25) is 0 Å². The Hall–Kier alpha value is -1.91. The molecule has 0 aliphatic heterocycles. The molecule has 4 nitrogen and oxygen atoms in total. The summed E-state index contributed by atoms with van der Waals surface area (Å²) in [5.74, 6) is -0.755. The minimum Gasteiger partial charge on any atom is -0.465 e. The number of carbonyl (C=O) groups is 2. The Balaban J connectivity index is 1.77. The number of carbonyl (C=O) groups excluding carboxylic acids is 2. The van der Waals surface area contributed by atoms with E-state index in [4.69, 9.17) is 4.74 Å². The van der Waals surface area contributed by atoms with Crippen molar-refractivity contribution in [2.75, 3.05) is 13.7 Å². The van der Waals surface area contributed by atoms with Crippen molar-refractivity contribution in [1.29, 1.82) is 0 Å². The summed E-state index contributed by atoms with van der Waals surface area (Å²) in [6.45, 7) is 0.102. The Bertz CT molecular complexity index is 472. The van der Waals surface area contributed by atoms with E-state index in [0.717, 1.165) is 12.0 Å². The fourth-order valence-corrected chi connectivity index (χ4v) is 2.01. The molecular formula is C14H16FNO3. The lowest BCUT2D eigenvalue weighted by atomic mass is 10.1. The maximum atomic E-state index is 12.8. The number of hydrogen-bond donors (Lipinski definition) is 1. The lowest BCUT2D eigenvalue weighted by molar-refractivity contribution is -0.145. The highest BCUT2D eigenvalue weighted by molar-refractivity contribution is 5.78. The van der Waals surface area contributed by atoms with E-state index < -0.39 is 0 Å². The third-order valence-electron chi connectivity index (χ3n) is 3.24. The molecule has 1 aliphatic rings. The van der Waals surface area contributed by atoms with Crippen LogP contribution in [0.3, 0.4) is 0 Å². The minimum absolute atomic E-state index is 0.102. The number of rotatable bonds is 5. The van der Waals surface area contributed by atoms with Gasteiger partial charge in [-0.15, -0.1) is 0 Å². The number of esters is 1. The van der Waals surface area contributed by atoms with Crippen molar-refractivity contribution in [3.63, 3.8) is 0 Å². The van der Waals surface area contributed by atoms with Gasteiger partial charge in [0, 0.05) is 7.05 Å². The van der Waals surface area contributed by atoms with Gasteiger partial charge < -0.3 is 10.1 Å². The zero-order valence-corrected chi connectivity index (χ0v) is 10.7. The Morgan fingerprint density at radius 3 is 2.68 bits per heavy atom. The summed E-state index contributed by atoms with van der Waals surface area (Å²) in [7, 11) is 1.54. The first-order valence-electron chi connectivity index (χ1n) is 6.24. The predicted molar refractivity (Wildman–Crippen MR) is 66.9 cm³/mol. The van der Waals surface area contributed by atoms with Crippen molar-refractivity contribution in [2.24, 2.45) is 5.92 Å². The lowest BCUT2D eigenvalue weighted by Gasteiger charge is -2.04. The Morgan fingerprint density at radius 2 is 2.05 bits per heavy atom. The third kappa shape index (κ3) is 3.53. The van der Waals surface area contributed by atoms with E-state index >= 15 is 0 Å². The molecule has 1 fully saturated rings. The Kier molecular flexibility index (Phi) is 4.14. The highest BCUT2D eigenvalue weighted by Crippen LogP contribution is 2.48. The topological polar surface area (TPSA) is 55.4 Å². The molecule has 0 heterocycles. The van der Waals surface area contributed by atoms with Crippen LogP contribution in [0.15, 0.2) is 24.3 Å². The molecule has 0 radical (unpaired) electrons. The van der Waals surface area contributed by atoms with Gasteiger partial charge in [0.05, 0.1) is 12.3 Å². The quantitative estimate of drug-likeness (QED) is 0.823. The number of ether oxygens (including phenoxy) is 1. The maximum absolute atomic E-state index is 12.8. The first kappa shape index (κ1) is 13.5. The molecule has 0 spiro atoms. The highest BCUT2D eigenvalue weighted by Gasteiger charge is 2.45. The van der Waals surface area contributed by atoms with Crippen molar-refractivity contribution in [2.45, 2.75) is 18.8 Å². The molecule has 1 aliphatic carbocycles. The molecule has 5 heteroatoms. The van der Waals surface area contributed by atoms with Gasteiger partial charge in [-0.25, -0.2) is 4.39 Å². The van der Waals surface area contributed by atoms with Crippen LogP contribution < -0.4 is 5.32 Å². The third-order valence-corrected chi connectivity index (χ3v) is 3.24. The van der Waals surface area contributed by atoms with Crippen LogP contribution in [-0.4, -0.2) is 25.5 Å². The highest BCUT2D eigenvalue weighted by atomic mass is 19.1. The largest absolute Gasteiger partial charge is 0.465 e. The van der Waals surface area contributed by atoms with E-state index in [9.17, 15) is 14.0 Å². The summed E-state index contributed by atoms with van der Waals surface area (Å²) in [6, 6.07) is 6.17. The summed E-state index contributed by atoms with van der Waals surface area (Å²) >= 11 is 0. The zero-order valence-electron chi connectivity index (χ0n) is 10.7. The monoisotopic (exact) mass is 265 g/mol. The number of amides is 1. The summed E-state index contributed by atoms with van der Waals surface area (Å²) < 4.78 is 17.8. The fourth-order valence-electron chi connectivity index (χ4n) is 2.01. The Morgan fingerprint density at radius 1 is 1.37 bits per heavy atom. The molecule has 1 aromatic carbocycles. The SMILES string of the molecule is CNC(=O)CCOC(=O)[C@H]1C[C@@H]1c1ccc(F)cc1. The summed E-state index contributed by atoms with van der Waals surface area (Å²) in [5.41, 5.74) is 0.953. The average Bonchev–Trinajstić information content (AvgIpc) is 3.19. The molecule has 1 aromatic rings. The normalized spacial score (nSPS) is 20.7. The van der Waals surface area contributed by atoms with Crippen molar-refractivity contribution >= 4 is 11.9 Å². The minimum atomic E-state index is -0.283. The first-order chi connectivity index (χ1) is 9.11. The van der Waals surface area contributed by atoms with Gasteiger partial charge in [-0.1, -0.05) is 12.1 Å². The Labute approximate surface area is 110 Å². The van der Waals surface area contributed by atoms with E-state index in [1.54, 1.807) is 12.1 Å². The second-order valence-electron chi connectivity index (χ2n) is 4.59. The summed E-state index contributed by atoms with van der Waals surface area (Å²) in [6.07, 6.45) is 0.903. The molecule has 0 bridgehead atoms. The lowest BCUT2D eigenvalue weighted by Crippen LogP contribution is -2.20. The number of hydrogen-bond acceptors (Lipinski definition) is 3. The molecule has 1 saturated carbocycles. The van der Waals surface area contributed by atoms with Gasteiger partial charge in [-0.3, -0.25) is 9.59 Å². The van der Waals surface area contributed by atoms with Crippen molar-refractivity contribution in [3.05, 3.63) is 35.6 Å². The molecule has 0 saturated heterocycles. The summed E-state index contributed by atoms with van der Waals surface area (Å²) in [4.78, 5) is 22.7. The van der Waals surface area contributed by atoms with E-state index in [0.29, 0.717) is 0 Å². The van der Waals surface area contributed by atoms with Gasteiger partial charge in [0.1, 0.15) is 12.4 Å². The van der Waals surface area contributed by atoms with Gasteiger partial charge >= 0.3 is 5.97 Å². The van der Waals surface area contributed by atoms with E-state index in [2.05, 4.69) is 5.32 Å². The number of benzene rings is 1. The van der Waals surface area contributed by atoms with Crippen LogP contribution in [0.4, 0.5) is 4.39 Å². The molecule has 2 rings (SSSR count). The molecule has 1 N–H and O–H groups in total. The van der Waals surface area contributed by atoms with Gasteiger partial charge in [0.15, 0.2) is 0 Å². The second-order valence-corrected chi connectivity index (χ2v) is 4.59. The molecule has 2 atom stereocenters. The van der Waals surface area contributed by atoms with Crippen LogP contribution in [0, 0.1) is 11.7 Å². The van der Waals surface area contributed by atoms with Gasteiger partial charge in [-0.2, -0.15) is 0 Å². The molecule has 0 aromatic heterocycles. The second kappa shape index (κ2) is 5.82.